The highest BCUT2D eigenvalue weighted by Gasteiger charge is 2.07. The van der Waals surface area contributed by atoms with Gasteiger partial charge < -0.3 is 0 Å². The maximum absolute atomic E-state index is 2.33. The average molecular weight is 160 g/mol. The fourth-order valence-corrected chi connectivity index (χ4v) is 2.30. The molecule has 1 atom stereocenters. The van der Waals surface area contributed by atoms with Gasteiger partial charge in [0.15, 0.2) is 0 Å². The lowest BCUT2D eigenvalue weighted by molar-refractivity contribution is 0.478. The molecule has 0 amide bonds. The molecular formula is C9H21P. The Kier molecular flexibility index (Phi) is 5.35. The van der Waals surface area contributed by atoms with Crippen LogP contribution in [0.4, 0.5) is 0 Å². The first kappa shape index (κ1) is 10.4. The highest BCUT2D eigenvalue weighted by Crippen LogP contribution is 2.25. The largest absolute Gasteiger partial charge is 0.122 e. The van der Waals surface area contributed by atoms with Gasteiger partial charge in [-0.15, -0.1) is 8.58 Å². The summed E-state index contributed by atoms with van der Waals surface area (Å²) in [4.78, 5) is 0. The van der Waals surface area contributed by atoms with Crippen molar-refractivity contribution in [2.24, 2.45) is 5.41 Å². The van der Waals surface area contributed by atoms with Crippen molar-refractivity contribution in [1.29, 1.82) is 0 Å². The molecule has 0 saturated heterocycles. The van der Waals surface area contributed by atoms with Crippen LogP contribution < -0.4 is 0 Å². The van der Waals surface area contributed by atoms with Gasteiger partial charge in [0.1, 0.15) is 0 Å². The zero-order valence-electron chi connectivity index (χ0n) is 7.83. The second-order valence-corrected chi connectivity index (χ2v) is 5.44. The van der Waals surface area contributed by atoms with E-state index < -0.39 is 0 Å². The monoisotopic (exact) mass is 160 g/mol. The van der Waals surface area contributed by atoms with Crippen molar-refractivity contribution in [2.45, 2.75) is 40.5 Å². The van der Waals surface area contributed by atoms with E-state index in [0.29, 0.717) is 5.41 Å². The van der Waals surface area contributed by atoms with Crippen LogP contribution in [0.15, 0.2) is 0 Å². The normalized spacial score (nSPS) is 13.2. The zero-order chi connectivity index (χ0) is 8.04. The zero-order valence-corrected chi connectivity index (χ0v) is 8.83. The summed E-state index contributed by atoms with van der Waals surface area (Å²) in [6, 6.07) is 0. The van der Waals surface area contributed by atoms with Crippen LogP contribution in [0.5, 0.6) is 0 Å². The molecule has 0 saturated carbocycles. The van der Waals surface area contributed by atoms with Gasteiger partial charge in [-0.05, 0) is 24.2 Å². The van der Waals surface area contributed by atoms with E-state index in [1.54, 1.807) is 0 Å². The molecule has 0 aliphatic heterocycles. The van der Waals surface area contributed by atoms with Crippen LogP contribution in [0.3, 0.4) is 0 Å². The molecule has 0 heterocycles. The highest BCUT2D eigenvalue weighted by atomic mass is 31.1. The Labute approximate surface area is 67.6 Å². The van der Waals surface area contributed by atoms with E-state index in [0.717, 1.165) is 0 Å². The maximum atomic E-state index is 2.33. The molecule has 0 aliphatic carbocycles. The topological polar surface area (TPSA) is 0 Å². The Morgan fingerprint density at radius 2 is 1.80 bits per heavy atom. The van der Waals surface area contributed by atoms with Gasteiger partial charge in [0.25, 0.3) is 0 Å². The van der Waals surface area contributed by atoms with Gasteiger partial charge in [0.05, 0.1) is 0 Å². The minimum Gasteiger partial charge on any atom is -0.122 e. The van der Waals surface area contributed by atoms with Gasteiger partial charge in [0.2, 0.25) is 0 Å². The fourth-order valence-electron chi connectivity index (χ4n) is 0.765. The van der Waals surface area contributed by atoms with Crippen molar-refractivity contribution in [3.05, 3.63) is 0 Å². The van der Waals surface area contributed by atoms with Crippen LogP contribution in [0.2, 0.25) is 0 Å². The van der Waals surface area contributed by atoms with Crippen molar-refractivity contribution < 1.29 is 0 Å². The molecule has 0 aliphatic rings. The SMILES string of the molecule is CCCCPCC(C)(C)C. The van der Waals surface area contributed by atoms with Gasteiger partial charge in [0, 0.05) is 0 Å². The number of rotatable bonds is 4. The summed E-state index contributed by atoms with van der Waals surface area (Å²) in [5.74, 6) is 0. The van der Waals surface area contributed by atoms with Crippen molar-refractivity contribution >= 4 is 8.58 Å². The first-order chi connectivity index (χ1) is 4.56. The third-order valence-corrected chi connectivity index (χ3v) is 3.38. The van der Waals surface area contributed by atoms with E-state index in [2.05, 4.69) is 27.7 Å². The molecule has 0 N–H and O–H groups in total. The number of hydrogen-bond acceptors (Lipinski definition) is 0. The number of unbranched alkanes of at least 4 members (excludes halogenated alkanes) is 1. The summed E-state index contributed by atoms with van der Waals surface area (Å²) in [6.07, 6.45) is 5.65. The minimum absolute atomic E-state index is 0.562. The van der Waals surface area contributed by atoms with Crippen molar-refractivity contribution in [2.75, 3.05) is 12.3 Å². The Hall–Kier alpha value is 0.430. The summed E-state index contributed by atoms with van der Waals surface area (Å²) in [5.41, 5.74) is 0.562. The minimum atomic E-state index is 0.562. The predicted octanol–water partition coefficient (Wildman–Crippen LogP) is 3.51. The van der Waals surface area contributed by atoms with Gasteiger partial charge in [-0.2, -0.15) is 0 Å². The molecule has 0 aromatic heterocycles. The van der Waals surface area contributed by atoms with Crippen LogP contribution in [-0.4, -0.2) is 12.3 Å². The van der Waals surface area contributed by atoms with E-state index in [1.165, 1.54) is 33.7 Å². The van der Waals surface area contributed by atoms with E-state index in [4.69, 9.17) is 0 Å². The predicted molar refractivity (Wildman–Crippen MR) is 52.4 cm³/mol. The third-order valence-electron chi connectivity index (χ3n) is 1.36. The highest BCUT2D eigenvalue weighted by molar-refractivity contribution is 7.38. The Morgan fingerprint density at radius 1 is 1.20 bits per heavy atom. The summed E-state index contributed by atoms with van der Waals surface area (Å²) < 4.78 is 0. The maximum Gasteiger partial charge on any atom is -0.0304 e. The second kappa shape index (κ2) is 5.13. The summed E-state index contributed by atoms with van der Waals surface area (Å²) in [7, 11) is 1.19. The van der Waals surface area contributed by atoms with E-state index >= 15 is 0 Å². The van der Waals surface area contributed by atoms with Crippen molar-refractivity contribution in [3.63, 3.8) is 0 Å². The molecule has 0 aromatic rings. The lowest BCUT2D eigenvalue weighted by Crippen LogP contribution is -2.07. The van der Waals surface area contributed by atoms with E-state index in [9.17, 15) is 0 Å². The van der Waals surface area contributed by atoms with Gasteiger partial charge in [-0.25, -0.2) is 0 Å². The summed E-state index contributed by atoms with van der Waals surface area (Å²) >= 11 is 0. The molecule has 0 radical (unpaired) electrons. The molecule has 0 aromatic carbocycles. The first-order valence-electron chi connectivity index (χ1n) is 4.27. The van der Waals surface area contributed by atoms with Crippen LogP contribution >= 0.6 is 8.58 Å². The summed E-state index contributed by atoms with van der Waals surface area (Å²) in [6.45, 7) is 9.24. The molecule has 10 heavy (non-hydrogen) atoms. The molecule has 1 heteroatoms. The summed E-state index contributed by atoms with van der Waals surface area (Å²) in [5, 5.41) is 0. The average Bonchev–Trinajstić information content (AvgIpc) is 1.78. The molecule has 0 nitrogen and oxygen atoms in total. The van der Waals surface area contributed by atoms with Crippen LogP contribution in [0.25, 0.3) is 0 Å². The van der Waals surface area contributed by atoms with Crippen molar-refractivity contribution in [3.8, 4) is 0 Å². The van der Waals surface area contributed by atoms with E-state index in [-0.39, 0.29) is 0 Å². The second-order valence-electron chi connectivity index (χ2n) is 4.09. The molecule has 62 valence electrons. The molecule has 0 rings (SSSR count). The standard InChI is InChI=1S/C9H21P/c1-5-6-7-10-8-9(2,3)4/h10H,5-8H2,1-4H3. The lowest BCUT2D eigenvalue weighted by Gasteiger charge is -2.17. The Bertz CT molecular complexity index is 71.3. The van der Waals surface area contributed by atoms with Gasteiger partial charge in [-0.1, -0.05) is 34.1 Å². The first-order valence-corrected chi connectivity index (χ1v) is 5.68. The van der Waals surface area contributed by atoms with E-state index in [1.807, 2.05) is 0 Å². The lowest BCUT2D eigenvalue weighted by atomic mass is 10.0. The van der Waals surface area contributed by atoms with Crippen LogP contribution in [-0.2, 0) is 0 Å². The Balaban J connectivity index is 3.04. The molecule has 0 fully saturated rings. The molecule has 0 spiro atoms. The third kappa shape index (κ3) is 8.43. The number of hydrogen-bond donors (Lipinski definition) is 0. The van der Waals surface area contributed by atoms with Crippen LogP contribution in [0, 0.1) is 5.41 Å². The smallest absolute Gasteiger partial charge is 0.0304 e. The van der Waals surface area contributed by atoms with Crippen molar-refractivity contribution in [1.82, 2.24) is 0 Å². The quantitative estimate of drug-likeness (QED) is 0.436. The van der Waals surface area contributed by atoms with Crippen LogP contribution in [0.1, 0.15) is 40.5 Å². The molecular weight excluding hydrogens is 139 g/mol. The molecule has 1 unspecified atom stereocenters. The Morgan fingerprint density at radius 3 is 2.20 bits per heavy atom. The fraction of sp³-hybridized carbons (Fsp3) is 1.00. The van der Waals surface area contributed by atoms with Gasteiger partial charge in [-0.3, -0.25) is 0 Å². The molecule has 0 bridgehead atoms. The van der Waals surface area contributed by atoms with Gasteiger partial charge >= 0.3 is 0 Å².